The van der Waals surface area contributed by atoms with Crippen LogP contribution in [0.25, 0.3) is 0 Å². The molecule has 0 aromatic carbocycles. The van der Waals surface area contributed by atoms with Crippen molar-refractivity contribution in [3.8, 4) is 0 Å². The van der Waals surface area contributed by atoms with Crippen LogP contribution >= 0.6 is 0 Å². The van der Waals surface area contributed by atoms with Crippen molar-refractivity contribution in [1.82, 2.24) is 0 Å². The van der Waals surface area contributed by atoms with Crippen molar-refractivity contribution in [3.05, 3.63) is 0 Å². The zero-order chi connectivity index (χ0) is 31.2. The van der Waals surface area contributed by atoms with Gasteiger partial charge in [-0.25, -0.2) is 0 Å². The van der Waals surface area contributed by atoms with Crippen molar-refractivity contribution in [3.63, 3.8) is 0 Å². The van der Waals surface area contributed by atoms with E-state index < -0.39 is 0 Å². The molecule has 0 unspecified atom stereocenters. The Kier molecular flexibility index (Phi) is 41.7. The Balaban J connectivity index is -0.000000113. The van der Waals surface area contributed by atoms with Gasteiger partial charge < -0.3 is 0 Å². The summed E-state index contributed by atoms with van der Waals surface area (Å²) in [6.07, 6.45) is 20.5. The second kappa shape index (κ2) is 33.2. The largest absolute Gasteiger partial charge is 0.0683 e. The van der Waals surface area contributed by atoms with E-state index in [9.17, 15) is 0 Å². The molecule has 0 aliphatic heterocycles. The highest BCUT2D eigenvalue weighted by molar-refractivity contribution is 4.74. The molecule has 0 nitrogen and oxygen atoms in total. The number of hydrogen-bond donors (Lipinski definition) is 0. The molecule has 0 radical (unpaired) electrons. The molecule has 0 amide bonds. The normalized spacial score (nSPS) is 17.7. The van der Waals surface area contributed by atoms with E-state index in [1.54, 1.807) is 0 Å². The lowest BCUT2D eigenvalue weighted by Gasteiger charge is -2.13. The van der Waals surface area contributed by atoms with Gasteiger partial charge in [0.15, 0.2) is 0 Å². The second-order valence-corrected chi connectivity index (χ2v) is 14.9. The summed E-state index contributed by atoms with van der Waals surface area (Å²) in [6.45, 7) is 39.3. The fourth-order valence-corrected chi connectivity index (χ4v) is 3.88. The Morgan fingerprint density at radius 3 is 1.00 bits per heavy atom. The summed E-state index contributed by atoms with van der Waals surface area (Å²) in [4.78, 5) is 0. The standard InChI is InChI=1S/2C7H14.C6H12.2C5H12.C4H10.2C2H6/c1-7(2)5-3-4-6-7;1-2-7-5-3-4-6-7;1-6-4-2-3-5-6;1-5(2,3)4;1-4-5(2)3;1-4(2)3;2*1-2/h3-6H2,1-2H3;7H,2-6H2,1H3;6H,2-5H2,1H3;1-4H3;5H,4H2,1-3H3;4H,1-3H3;2*1-2H3. The maximum atomic E-state index is 2.36. The highest BCUT2D eigenvalue weighted by Gasteiger charge is 2.21. The molecule has 38 heavy (non-hydrogen) atoms. The van der Waals surface area contributed by atoms with Gasteiger partial charge in [-0.2, -0.15) is 0 Å². The summed E-state index contributed by atoms with van der Waals surface area (Å²) < 4.78 is 0. The van der Waals surface area contributed by atoms with Gasteiger partial charge in [0.2, 0.25) is 0 Å². The van der Waals surface area contributed by atoms with Crippen LogP contribution in [0.4, 0.5) is 0 Å². The molecule has 0 saturated heterocycles. The molecule has 3 saturated carbocycles. The summed E-state index contributed by atoms with van der Waals surface area (Å²) in [6, 6.07) is 0. The van der Waals surface area contributed by atoms with Crippen LogP contribution in [0.2, 0.25) is 0 Å². The van der Waals surface area contributed by atoms with E-state index in [4.69, 9.17) is 0 Å². The minimum absolute atomic E-state index is 0.500. The molecular weight excluding hydrogens is 456 g/mol. The van der Waals surface area contributed by atoms with Crippen molar-refractivity contribution in [2.24, 2.45) is 34.5 Å². The predicted molar refractivity (Wildman–Crippen MR) is 186 cm³/mol. The van der Waals surface area contributed by atoms with Crippen LogP contribution in [0.15, 0.2) is 0 Å². The molecule has 0 aromatic heterocycles. The van der Waals surface area contributed by atoms with Crippen molar-refractivity contribution in [2.45, 2.75) is 215 Å². The van der Waals surface area contributed by atoms with Gasteiger partial charge in [0.1, 0.15) is 0 Å². The van der Waals surface area contributed by atoms with Crippen LogP contribution in [0.1, 0.15) is 215 Å². The van der Waals surface area contributed by atoms with Gasteiger partial charge >= 0.3 is 0 Å². The zero-order valence-electron chi connectivity index (χ0n) is 31.2. The van der Waals surface area contributed by atoms with Gasteiger partial charge in [0.05, 0.1) is 0 Å². The highest BCUT2D eigenvalue weighted by Crippen LogP contribution is 2.36. The molecular formula is C38H86. The fraction of sp³-hybridized carbons (Fsp3) is 1.00. The lowest BCUT2D eigenvalue weighted by Crippen LogP contribution is -2.01. The SMILES string of the molecule is CC.CC.CC(C)(C)C.CC(C)C.CC1(C)CCCC1.CC1CCCC1.CCC(C)C.CCC1CCCC1. The molecule has 0 heteroatoms. The van der Waals surface area contributed by atoms with Crippen molar-refractivity contribution in [1.29, 1.82) is 0 Å². The first-order chi connectivity index (χ1) is 17.5. The summed E-state index contributed by atoms with van der Waals surface area (Å²) >= 11 is 0. The molecule has 0 heterocycles. The zero-order valence-corrected chi connectivity index (χ0v) is 31.2. The lowest BCUT2D eigenvalue weighted by molar-refractivity contribution is 0.382. The van der Waals surface area contributed by atoms with Gasteiger partial charge in [-0.3, -0.25) is 0 Å². The molecule has 238 valence electrons. The molecule has 3 aliphatic carbocycles. The quantitative estimate of drug-likeness (QED) is 0.325. The summed E-state index contributed by atoms with van der Waals surface area (Å²) in [5, 5.41) is 0. The number of rotatable bonds is 2. The van der Waals surface area contributed by atoms with Crippen molar-refractivity contribution < 1.29 is 0 Å². The first-order valence-electron chi connectivity index (χ1n) is 17.5. The lowest BCUT2D eigenvalue weighted by atomic mass is 9.92. The summed E-state index contributed by atoms with van der Waals surface area (Å²) in [7, 11) is 0. The molecule has 0 bridgehead atoms. The van der Waals surface area contributed by atoms with Gasteiger partial charge in [0, 0.05) is 0 Å². The third kappa shape index (κ3) is 60.5. The monoisotopic (exact) mass is 543 g/mol. The predicted octanol–water partition coefficient (Wildman–Crippen LogP) is 15.2. The van der Waals surface area contributed by atoms with E-state index in [0.717, 1.165) is 23.7 Å². The van der Waals surface area contributed by atoms with Gasteiger partial charge in [-0.05, 0) is 47.3 Å². The van der Waals surface area contributed by atoms with E-state index in [1.807, 2.05) is 27.7 Å². The third-order valence-electron chi connectivity index (χ3n) is 6.47. The Morgan fingerprint density at radius 2 is 0.895 bits per heavy atom. The van der Waals surface area contributed by atoms with Crippen LogP contribution in [0.3, 0.4) is 0 Å². The topological polar surface area (TPSA) is 0 Å². The Bertz CT molecular complexity index is 353. The molecule has 3 aliphatic rings. The molecule has 0 spiro atoms. The van der Waals surface area contributed by atoms with E-state index in [-0.39, 0.29) is 0 Å². The Labute approximate surface area is 248 Å². The van der Waals surface area contributed by atoms with E-state index in [0.29, 0.717) is 10.8 Å². The second-order valence-electron chi connectivity index (χ2n) is 14.9. The Morgan fingerprint density at radius 1 is 0.632 bits per heavy atom. The van der Waals surface area contributed by atoms with Gasteiger partial charge in [0.25, 0.3) is 0 Å². The van der Waals surface area contributed by atoms with Gasteiger partial charge in [-0.15, -0.1) is 0 Å². The van der Waals surface area contributed by atoms with Crippen LogP contribution in [0.5, 0.6) is 0 Å². The first kappa shape index (κ1) is 47.8. The van der Waals surface area contributed by atoms with E-state index >= 15 is 0 Å². The third-order valence-corrected chi connectivity index (χ3v) is 6.47. The van der Waals surface area contributed by atoms with Crippen molar-refractivity contribution >= 4 is 0 Å². The summed E-state index contributed by atoms with van der Waals surface area (Å²) in [5.41, 5.74) is 1.19. The maximum absolute atomic E-state index is 2.36. The average Bonchev–Trinajstić information content (AvgIpc) is 3.60. The highest BCUT2D eigenvalue weighted by atomic mass is 14.3. The van der Waals surface area contributed by atoms with E-state index in [2.05, 4.69) is 96.9 Å². The summed E-state index contributed by atoms with van der Waals surface area (Å²) in [5.74, 6) is 3.86. The Hall–Kier alpha value is 0. The van der Waals surface area contributed by atoms with Crippen LogP contribution in [0, 0.1) is 34.5 Å². The smallest absolute Gasteiger partial charge is 0.0354 e. The van der Waals surface area contributed by atoms with Crippen LogP contribution in [-0.4, -0.2) is 0 Å². The van der Waals surface area contributed by atoms with E-state index in [1.165, 1.54) is 89.9 Å². The maximum Gasteiger partial charge on any atom is -0.0354 e. The van der Waals surface area contributed by atoms with Crippen molar-refractivity contribution in [2.75, 3.05) is 0 Å². The first-order valence-corrected chi connectivity index (χ1v) is 17.5. The average molecular weight is 543 g/mol. The minimum Gasteiger partial charge on any atom is -0.0683 e. The molecule has 0 atom stereocenters. The molecule has 3 rings (SSSR count). The van der Waals surface area contributed by atoms with Crippen LogP contribution < -0.4 is 0 Å². The van der Waals surface area contributed by atoms with Gasteiger partial charge in [-0.1, -0.05) is 202 Å². The number of hydrogen-bond acceptors (Lipinski definition) is 0. The minimum atomic E-state index is 0.500. The fourth-order valence-electron chi connectivity index (χ4n) is 3.88. The molecule has 0 aromatic rings. The van der Waals surface area contributed by atoms with Crippen LogP contribution in [-0.2, 0) is 0 Å². The molecule has 0 N–H and O–H groups in total. The molecule has 3 fully saturated rings.